The Morgan fingerprint density at radius 2 is 2.29 bits per heavy atom. The minimum absolute atomic E-state index is 0.123. The summed E-state index contributed by atoms with van der Waals surface area (Å²) in [6, 6.07) is 2.96. The van der Waals surface area contributed by atoms with Crippen LogP contribution in [0.15, 0.2) is 12.1 Å². The molecule has 4 nitrogen and oxygen atoms in total. The lowest BCUT2D eigenvalue weighted by molar-refractivity contribution is 0.0699. The quantitative estimate of drug-likeness (QED) is 0.785. The monoisotopic (exact) mass is 228 g/mol. The van der Waals surface area contributed by atoms with Gasteiger partial charge in [-0.1, -0.05) is 22.9 Å². The Morgan fingerprint density at radius 1 is 1.57 bits per heavy atom. The number of rotatable bonds is 1. The van der Waals surface area contributed by atoms with E-state index in [-0.39, 0.29) is 5.56 Å². The summed E-state index contributed by atoms with van der Waals surface area (Å²) in [6.07, 6.45) is 0. The molecule has 2 aromatic rings. The van der Waals surface area contributed by atoms with Gasteiger partial charge in [-0.2, -0.15) is 0 Å². The molecule has 6 heteroatoms. The average Bonchev–Trinajstić information content (AvgIpc) is 2.47. The van der Waals surface area contributed by atoms with Gasteiger partial charge >= 0.3 is 5.97 Å². The fourth-order valence-corrected chi connectivity index (χ4v) is 2.20. The van der Waals surface area contributed by atoms with E-state index in [4.69, 9.17) is 22.4 Å². The van der Waals surface area contributed by atoms with Crippen molar-refractivity contribution >= 4 is 44.3 Å². The molecule has 0 atom stereocenters. The van der Waals surface area contributed by atoms with E-state index in [1.807, 2.05) is 0 Å². The molecule has 0 saturated heterocycles. The zero-order valence-corrected chi connectivity index (χ0v) is 8.39. The largest absolute Gasteiger partial charge is 0.478 e. The molecular formula is C8H5ClN2O2S. The predicted octanol–water partition coefficient (Wildman–Crippen LogP) is 2.23. The number of thiazole rings is 1. The molecule has 0 spiro atoms. The number of hydrogen-bond donors (Lipinski definition) is 2. The third kappa shape index (κ3) is 1.30. The van der Waals surface area contributed by atoms with Crippen molar-refractivity contribution in [1.82, 2.24) is 4.98 Å². The van der Waals surface area contributed by atoms with Crippen LogP contribution in [0.1, 0.15) is 10.4 Å². The maximum absolute atomic E-state index is 10.8. The van der Waals surface area contributed by atoms with Crippen LogP contribution in [0.25, 0.3) is 10.2 Å². The van der Waals surface area contributed by atoms with E-state index in [1.54, 1.807) is 0 Å². The number of hydrogen-bond acceptors (Lipinski definition) is 4. The van der Waals surface area contributed by atoms with Crippen LogP contribution in [0.2, 0.25) is 5.02 Å². The number of fused-ring (bicyclic) bond motifs is 1. The Morgan fingerprint density at radius 3 is 2.93 bits per heavy atom. The highest BCUT2D eigenvalue weighted by Gasteiger charge is 2.14. The van der Waals surface area contributed by atoms with Gasteiger partial charge in [0.1, 0.15) is 0 Å². The van der Waals surface area contributed by atoms with E-state index in [0.29, 0.717) is 20.4 Å². The van der Waals surface area contributed by atoms with Gasteiger partial charge in [0.05, 0.1) is 20.8 Å². The van der Waals surface area contributed by atoms with E-state index < -0.39 is 5.97 Å². The third-order valence-corrected chi connectivity index (χ3v) is 3.09. The second kappa shape index (κ2) is 3.11. The molecule has 0 aliphatic heterocycles. The van der Waals surface area contributed by atoms with Crippen LogP contribution in [-0.2, 0) is 0 Å². The molecule has 3 N–H and O–H groups in total. The first kappa shape index (κ1) is 9.23. The number of benzene rings is 1. The van der Waals surface area contributed by atoms with Gasteiger partial charge < -0.3 is 10.8 Å². The fraction of sp³-hybridized carbons (Fsp3) is 0. The lowest BCUT2D eigenvalue weighted by Gasteiger charge is -1.96. The number of anilines is 1. The topological polar surface area (TPSA) is 76.2 Å². The van der Waals surface area contributed by atoms with E-state index in [2.05, 4.69) is 4.98 Å². The van der Waals surface area contributed by atoms with E-state index in [9.17, 15) is 4.79 Å². The summed E-state index contributed by atoms with van der Waals surface area (Å²) in [5.41, 5.74) is 5.96. The summed E-state index contributed by atoms with van der Waals surface area (Å²) in [4.78, 5) is 14.7. The van der Waals surface area contributed by atoms with Crippen molar-refractivity contribution in [3.63, 3.8) is 0 Å². The van der Waals surface area contributed by atoms with Crippen LogP contribution in [0.3, 0.4) is 0 Å². The number of nitrogens with two attached hydrogens (primary N) is 1. The minimum Gasteiger partial charge on any atom is -0.478 e. The Kier molecular flexibility index (Phi) is 2.05. The number of carboxylic acid groups (broad SMARTS) is 1. The lowest BCUT2D eigenvalue weighted by Crippen LogP contribution is -1.97. The molecule has 0 amide bonds. The van der Waals surface area contributed by atoms with Crippen LogP contribution >= 0.6 is 22.9 Å². The van der Waals surface area contributed by atoms with Gasteiger partial charge in [-0.3, -0.25) is 0 Å². The Bertz CT molecular complexity index is 523. The predicted molar refractivity (Wildman–Crippen MR) is 56.0 cm³/mol. The lowest BCUT2D eigenvalue weighted by atomic mass is 10.2. The number of aromatic nitrogens is 1. The second-order valence-corrected chi connectivity index (χ2v) is 4.07. The number of nitrogen functional groups attached to an aromatic ring is 1. The van der Waals surface area contributed by atoms with Gasteiger partial charge in [-0.05, 0) is 12.1 Å². The van der Waals surface area contributed by atoms with Gasteiger partial charge in [-0.25, -0.2) is 9.78 Å². The molecule has 1 heterocycles. The number of carbonyl (C=O) groups is 1. The summed E-state index contributed by atoms with van der Waals surface area (Å²) in [5.74, 6) is -1.03. The van der Waals surface area contributed by atoms with E-state index >= 15 is 0 Å². The summed E-state index contributed by atoms with van der Waals surface area (Å²) in [7, 11) is 0. The first-order valence-corrected chi connectivity index (χ1v) is 4.87. The summed E-state index contributed by atoms with van der Waals surface area (Å²) in [5, 5.41) is 9.65. The van der Waals surface area contributed by atoms with Crippen molar-refractivity contribution in [2.75, 3.05) is 5.73 Å². The number of aromatic carboxylic acids is 1. The molecule has 0 saturated carbocycles. The van der Waals surface area contributed by atoms with Crippen molar-refractivity contribution in [2.45, 2.75) is 0 Å². The maximum Gasteiger partial charge on any atom is 0.337 e. The molecule has 72 valence electrons. The summed E-state index contributed by atoms with van der Waals surface area (Å²) in [6.45, 7) is 0. The molecule has 0 radical (unpaired) electrons. The van der Waals surface area contributed by atoms with Gasteiger partial charge in [-0.15, -0.1) is 0 Å². The van der Waals surface area contributed by atoms with Gasteiger partial charge in [0, 0.05) is 0 Å². The Hall–Kier alpha value is -1.33. The Balaban J connectivity index is 2.87. The third-order valence-electron chi connectivity index (χ3n) is 1.74. The number of nitrogens with zero attached hydrogens (tertiary/aromatic N) is 1. The van der Waals surface area contributed by atoms with Crippen LogP contribution in [-0.4, -0.2) is 16.1 Å². The SMILES string of the molecule is Nc1nc2c(C(=O)O)ccc(Cl)c2s1. The van der Waals surface area contributed by atoms with Crippen molar-refractivity contribution in [3.05, 3.63) is 22.7 Å². The molecule has 1 aromatic carbocycles. The highest BCUT2D eigenvalue weighted by molar-refractivity contribution is 7.22. The van der Waals surface area contributed by atoms with Gasteiger partial charge in [0.25, 0.3) is 0 Å². The molecule has 0 fully saturated rings. The minimum atomic E-state index is -1.03. The fourth-order valence-electron chi connectivity index (χ4n) is 1.16. The zero-order valence-electron chi connectivity index (χ0n) is 6.82. The van der Waals surface area contributed by atoms with Crippen LogP contribution in [0, 0.1) is 0 Å². The van der Waals surface area contributed by atoms with Gasteiger partial charge in [0.15, 0.2) is 5.13 Å². The standard InChI is InChI=1S/C8H5ClN2O2S/c9-4-2-1-3(7(12)13)5-6(4)14-8(10)11-5/h1-2H,(H2,10,11)(H,12,13). The smallest absolute Gasteiger partial charge is 0.337 e. The second-order valence-electron chi connectivity index (χ2n) is 2.63. The number of halogens is 1. The van der Waals surface area contributed by atoms with Crippen molar-refractivity contribution in [2.24, 2.45) is 0 Å². The first-order chi connectivity index (χ1) is 6.59. The van der Waals surface area contributed by atoms with E-state index in [0.717, 1.165) is 0 Å². The van der Waals surface area contributed by atoms with Crippen molar-refractivity contribution in [1.29, 1.82) is 0 Å². The molecule has 1 aromatic heterocycles. The van der Waals surface area contributed by atoms with Crippen LogP contribution in [0.4, 0.5) is 5.13 Å². The summed E-state index contributed by atoms with van der Waals surface area (Å²) < 4.78 is 0.615. The molecule has 0 aliphatic carbocycles. The van der Waals surface area contributed by atoms with Gasteiger partial charge in [0.2, 0.25) is 0 Å². The van der Waals surface area contributed by atoms with Crippen LogP contribution in [0.5, 0.6) is 0 Å². The molecular weight excluding hydrogens is 224 g/mol. The number of carboxylic acids is 1. The van der Waals surface area contributed by atoms with Crippen molar-refractivity contribution < 1.29 is 9.90 Å². The van der Waals surface area contributed by atoms with Crippen LogP contribution < -0.4 is 5.73 Å². The molecule has 14 heavy (non-hydrogen) atoms. The normalized spacial score (nSPS) is 10.6. The highest BCUT2D eigenvalue weighted by atomic mass is 35.5. The summed E-state index contributed by atoms with van der Waals surface area (Å²) >= 11 is 7.05. The highest BCUT2D eigenvalue weighted by Crippen LogP contribution is 2.32. The molecule has 2 rings (SSSR count). The van der Waals surface area contributed by atoms with E-state index in [1.165, 1.54) is 23.5 Å². The first-order valence-electron chi connectivity index (χ1n) is 3.67. The zero-order chi connectivity index (χ0) is 10.3. The van der Waals surface area contributed by atoms with Crippen molar-refractivity contribution in [3.8, 4) is 0 Å². The molecule has 0 aliphatic rings. The Labute approximate surface area is 87.9 Å². The molecule has 0 bridgehead atoms. The molecule has 0 unspecified atom stereocenters. The average molecular weight is 229 g/mol. The maximum atomic E-state index is 10.8.